The molecule has 3 aromatic rings. The van der Waals surface area contributed by atoms with Crippen LogP contribution in [0.3, 0.4) is 0 Å². The predicted molar refractivity (Wildman–Crippen MR) is 84.8 cm³/mol. The van der Waals surface area contributed by atoms with E-state index in [4.69, 9.17) is 5.73 Å². The summed E-state index contributed by atoms with van der Waals surface area (Å²) in [5.74, 6) is 0.131. The summed E-state index contributed by atoms with van der Waals surface area (Å²) in [6.45, 7) is 0. The van der Waals surface area contributed by atoms with Crippen LogP contribution in [0.4, 0.5) is 21.7 Å². The Hall–Kier alpha value is -2.63. The molecule has 0 bridgehead atoms. The number of pyridine rings is 1. The Morgan fingerprint density at radius 2 is 2.18 bits per heavy atom. The molecule has 0 fully saturated rings. The van der Waals surface area contributed by atoms with Crippen LogP contribution >= 0.6 is 0 Å². The van der Waals surface area contributed by atoms with Crippen molar-refractivity contribution in [1.82, 2.24) is 15.2 Å². The Morgan fingerprint density at radius 3 is 3.05 bits per heavy atom. The maximum Gasteiger partial charge on any atom is 0.171 e. The summed E-state index contributed by atoms with van der Waals surface area (Å²) in [5, 5.41) is 7.12. The van der Waals surface area contributed by atoms with Gasteiger partial charge in [-0.2, -0.15) is 5.10 Å². The molecule has 0 saturated heterocycles. The van der Waals surface area contributed by atoms with E-state index in [1.54, 1.807) is 4.90 Å². The summed E-state index contributed by atoms with van der Waals surface area (Å²) in [6, 6.07) is 7.55. The number of nitrogens with one attached hydrogen (secondary N) is 1. The highest BCUT2D eigenvalue weighted by Crippen LogP contribution is 2.35. The van der Waals surface area contributed by atoms with Crippen LogP contribution in [-0.4, -0.2) is 22.2 Å². The second-order valence-electron chi connectivity index (χ2n) is 5.63. The van der Waals surface area contributed by atoms with Crippen LogP contribution in [0.1, 0.15) is 17.5 Å². The standard InChI is InChI=1S/C16H16FN5/c1-22(13-7-3-5-9-4-2-6-10(9)13)16-12(17)8-11-14(18)20-21-15(11)19-16/h3,5,7-8H,2,4,6H2,1H3,(H3,18,19,20,21). The molecule has 112 valence electrons. The van der Waals surface area contributed by atoms with Crippen molar-refractivity contribution in [2.24, 2.45) is 0 Å². The summed E-state index contributed by atoms with van der Waals surface area (Å²) in [6.07, 6.45) is 3.26. The lowest BCUT2D eigenvalue weighted by atomic mass is 10.1. The zero-order valence-electron chi connectivity index (χ0n) is 12.2. The van der Waals surface area contributed by atoms with Gasteiger partial charge in [-0.15, -0.1) is 0 Å². The lowest BCUT2D eigenvalue weighted by Gasteiger charge is -2.22. The van der Waals surface area contributed by atoms with E-state index in [2.05, 4.69) is 21.2 Å². The second-order valence-corrected chi connectivity index (χ2v) is 5.63. The normalized spacial score (nSPS) is 13.5. The van der Waals surface area contributed by atoms with E-state index >= 15 is 0 Å². The van der Waals surface area contributed by atoms with Gasteiger partial charge < -0.3 is 10.6 Å². The number of H-pyrrole nitrogens is 1. The number of rotatable bonds is 2. The maximum atomic E-state index is 14.5. The predicted octanol–water partition coefficient (Wildman–Crippen LogP) is 2.94. The summed E-state index contributed by atoms with van der Waals surface area (Å²) in [7, 11) is 1.84. The molecule has 1 aliphatic carbocycles. The van der Waals surface area contributed by atoms with Gasteiger partial charge in [-0.25, -0.2) is 9.37 Å². The van der Waals surface area contributed by atoms with Crippen LogP contribution < -0.4 is 10.6 Å². The molecule has 1 aromatic carbocycles. The minimum atomic E-state index is -0.404. The Kier molecular flexibility index (Phi) is 2.79. The zero-order valence-corrected chi connectivity index (χ0v) is 12.2. The van der Waals surface area contributed by atoms with Crippen molar-refractivity contribution >= 4 is 28.4 Å². The molecule has 5 nitrogen and oxygen atoms in total. The molecule has 2 heterocycles. The third-order valence-electron chi connectivity index (χ3n) is 4.32. The van der Waals surface area contributed by atoms with E-state index in [0.717, 1.165) is 24.9 Å². The lowest BCUT2D eigenvalue weighted by Crippen LogP contribution is -2.15. The summed E-state index contributed by atoms with van der Waals surface area (Å²) < 4.78 is 14.5. The first kappa shape index (κ1) is 13.1. The molecule has 0 unspecified atom stereocenters. The van der Waals surface area contributed by atoms with E-state index in [1.807, 2.05) is 19.2 Å². The second kappa shape index (κ2) is 4.69. The molecule has 0 radical (unpaired) electrons. The average molecular weight is 297 g/mol. The first-order valence-electron chi connectivity index (χ1n) is 7.29. The molecule has 6 heteroatoms. The Morgan fingerprint density at radius 1 is 1.32 bits per heavy atom. The van der Waals surface area contributed by atoms with Crippen LogP contribution in [0.2, 0.25) is 0 Å². The largest absolute Gasteiger partial charge is 0.382 e. The molecule has 0 amide bonds. The Bertz CT molecular complexity index is 870. The third-order valence-corrected chi connectivity index (χ3v) is 4.32. The van der Waals surface area contributed by atoms with Gasteiger partial charge in [-0.05, 0) is 42.5 Å². The van der Waals surface area contributed by atoms with Crippen LogP contribution in [0, 0.1) is 5.82 Å². The number of nitrogens with zero attached hydrogens (tertiary/aromatic N) is 3. The van der Waals surface area contributed by atoms with Gasteiger partial charge in [0.1, 0.15) is 0 Å². The van der Waals surface area contributed by atoms with Crippen LogP contribution in [0.25, 0.3) is 11.0 Å². The fourth-order valence-corrected chi connectivity index (χ4v) is 3.20. The molecule has 3 N–H and O–H groups in total. The molecule has 0 saturated carbocycles. The van der Waals surface area contributed by atoms with Gasteiger partial charge >= 0.3 is 0 Å². The van der Waals surface area contributed by atoms with Crippen molar-refractivity contribution in [1.29, 1.82) is 0 Å². The van der Waals surface area contributed by atoms with Gasteiger partial charge in [0.15, 0.2) is 23.1 Å². The maximum absolute atomic E-state index is 14.5. The number of benzene rings is 1. The molecule has 22 heavy (non-hydrogen) atoms. The van der Waals surface area contributed by atoms with E-state index in [-0.39, 0.29) is 11.6 Å². The van der Waals surface area contributed by atoms with E-state index in [1.165, 1.54) is 17.2 Å². The number of aryl methyl sites for hydroxylation is 1. The third kappa shape index (κ3) is 1.83. The SMILES string of the molecule is CN(c1cccc2c1CCC2)c1nc2[nH]nc(N)c2cc1F. The number of nitrogens with two attached hydrogens (primary N) is 1. The van der Waals surface area contributed by atoms with E-state index in [0.29, 0.717) is 11.0 Å². The number of halogens is 1. The number of hydrogen-bond donors (Lipinski definition) is 2. The highest BCUT2D eigenvalue weighted by atomic mass is 19.1. The first-order valence-corrected chi connectivity index (χ1v) is 7.29. The Labute approximate surface area is 127 Å². The fourth-order valence-electron chi connectivity index (χ4n) is 3.20. The molecular formula is C16H16FN5. The minimum absolute atomic E-state index is 0.260. The van der Waals surface area contributed by atoms with Gasteiger partial charge in [-0.1, -0.05) is 12.1 Å². The highest BCUT2D eigenvalue weighted by Gasteiger charge is 2.21. The number of fused-ring (bicyclic) bond motifs is 2. The van der Waals surface area contributed by atoms with Crippen molar-refractivity contribution < 1.29 is 4.39 Å². The van der Waals surface area contributed by atoms with Crippen molar-refractivity contribution in [3.05, 3.63) is 41.2 Å². The van der Waals surface area contributed by atoms with Crippen molar-refractivity contribution in [3.63, 3.8) is 0 Å². The molecule has 0 atom stereocenters. The van der Waals surface area contributed by atoms with Gasteiger partial charge in [-0.3, -0.25) is 5.10 Å². The van der Waals surface area contributed by atoms with Gasteiger partial charge in [0.2, 0.25) is 0 Å². The highest BCUT2D eigenvalue weighted by molar-refractivity contribution is 5.87. The van der Waals surface area contributed by atoms with Gasteiger partial charge in [0, 0.05) is 12.7 Å². The minimum Gasteiger partial charge on any atom is -0.382 e. The van der Waals surface area contributed by atoms with Crippen molar-refractivity contribution in [2.75, 3.05) is 17.7 Å². The van der Waals surface area contributed by atoms with E-state index in [9.17, 15) is 4.39 Å². The monoisotopic (exact) mass is 297 g/mol. The molecule has 0 spiro atoms. The quantitative estimate of drug-likeness (QED) is 0.763. The lowest BCUT2D eigenvalue weighted by molar-refractivity contribution is 0.624. The first-order chi connectivity index (χ1) is 10.6. The number of aromatic amines is 1. The Balaban J connectivity index is 1.85. The fraction of sp³-hybridized carbons (Fsp3) is 0.250. The smallest absolute Gasteiger partial charge is 0.171 e. The number of hydrogen-bond acceptors (Lipinski definition) is 4. The topological polar surface area (TPSA) is 70.8 Å². The zero-order chi connectivity index (χ0) is 15.3. The summed E-state index contributed by atoms with van der Waals surface area (Å²) >= 11 is 0. The summed E-state index contributed by atoms with van der Waals surface area (Å²) in [4.78, 5) is 6.15. The van der Waals surface area contributed by atoms with Crippen LogP contribution in [0.15, 0.2) is 24.3 Å². The number of anilines is 3. The molecule has 0 aliphatic heterocycles. The number of nitrogen functional groups attached to an aromatic ring is 1. The molecular weight excluding hydrogens is 281 g/mol. The van der Waals surface area contributed by atoms with Crippen LogP contribution in [0.5, 0.6) is 0 Å². The number of aromatic nitrogens is 3. The van der Waals surface area contributed by atoms with Crippen LogP contribution in [-0.2, 0) is 12.8 Å². The molecule has 2 aromatic heterocycles. The molecule has 4 rings (SSSR count). The van der Waals surface area contributed by atoms with Gasteiger partial charge in [0.25, 0.3) is 0 Å². The van der Waals surface area contributed by atoms with Gasteiger partial charge in [0.05, 0.1) is 5.39 Å². The molecule has 1 aliphatic rings. The van der Waals surface area contributed by atoms with Crippen molar-refractivity contribution in [3.8, 4) is 0 Å². The summed E-state index contributed by atoms with van der Waals surface area (Å²) in [5.41, 5.74) is 9.83. The van der Waals surface area contributed by atoms with Crippen molar-refractivity contribution in [2.45, 2.75) is 19.3 Å². The average Bonchev–Trinajstić information content (AvgIpc) is 3.13. The van der Waals surface area contributed by atoms with E-state index < -0.39 is 5.82 Å².